The molecule has 0 bridgehead atoms. The molecule has 2 aromatic heterocycles. The Balaban J connectivity index is 0.955. The van der Waals surface area contributed by atoms with Gasteiger partial charge >= 0.3 is 0 Å². The molecule has 0 saturated carbocycles. The maximum Gasteiger partial charge on any atom is 0.137 e. The number of ether oxygens (including phenoxy) is 1. The molecule has 5 heteroatoms. The zero-order valence-corrected chi connectivity index (χ0v) is 51.7. The van der Waals surface area contributed by atoms with Crippen LogP contribution in [0.1, 0.15) is 153 Å². The van der Waals surface area contributed by atoms with Crippen LogP contribution >= 0.6 is 0 Å². The largest absolute Gasteiger partial charge is 0.457 e. The van der Waals surface area contributed by atoms with Gasteiger partial charge in [-0.15, -0.1) is 0 Å². The van der Waals surface area contributed by atoms with Gasteiger partial charge < -0.3 is 14.5 Å². The first-order valence-electron chi connectivity index (χ1n) is 31.1. The molecule has 1 aliphatic carbocycles. The second-order valence-corrected chi connectivity index (χ2v) is 28.4. The van der Waals surface area contributed by atoms with E-state index in [9.17, 15) is 2.74 Å². The first-order chi connectivity index (χ1) is 40.1. The van der Waals surface area contributed by atoms with E-state index in [1.165, 1.54) is 55.8 Å². The van der Waals surface area contributed by atoms with Crippen LogP contribution < -0.4 is 14.5 Å². The highest BCUT2D eigenvalue weighted by atomic mass is 16.5. The summed E-state index contributed by atoms with van der Waals surface area (Å²) in [6.45, 7) is 34.6. The maximum atomic E-state index is 9.78. The molecule has 12 rings (SSSR count). The molecule has 2 aliphatic rings. The summed E-state index contributed by atoms with van der Waals surface area (Å²) in [5.41, 5.74) is 20.0. The Morgan fingerprint density at radius 3 is 1.76 bits per heavy atom. The van der Waals surface area contributed by atoms with Crippen molar-refractivity contribution in [1.82, 2.24) is 9.55 Å². The van der Waals surface area contributed by atoms with E-state index in [-0.39, 0.29) is 33.0 Å². The molecule has 0 atom stereocenters. The van der Waals surface area contributed by atoms with E-state index in [4.69, 9.17) is 9.72 Å². The topological polar surface area (TPSA) is 33.5 Å². The fraction of sp³-hybridized carbons (Fsp3) is 0.321. The van der Waals surface area contributed by atoms with Crippen molar-refractivity contribution in [3.63, 3.8) is 0 Å². The fourth-order valence-electron chi connectivity index (χ4n) is 12.8. The van der Waals surface area contributed by atoms with E-state index in [1.807, 2.05) is 32.2 Å². The molecule has 0 saturated heterocycles. The van der Waals surface area contributed by atoms with Crippen LogP contribution in [-0.2, 0) is 33.4 Å². The third-order valence-corrected chi connectivity index (χ3v) is 17.8. The molecular weight excluding hydrogens is 1010 g/mol. The van der Waals surface area contributed by atoms with Crippen LogP contribution in [0.3, 0.4) is 0 Å². The van der Waals surface area contributed by atoms with Crippen molar-refractivity contribution < 1.29 is 7.48 Å². The van der Waals surface area contributed by atoms with Gasteiger partial charge in [-0.2, -0.15) is 0 Å². The van der Waals surface area contributed by atoms with Crippen molar-refractivity contribution in [3.8, 4) is 50.7 Å². The minimum Gasteiger partial charge on any atom is -0.457 e. The third-order valence-electron chi connectivity index (χ3n) is 17.8. The number of hydrogen-bond acceptors (Lipinski definition) is 4. The van der Waals surface area contributed by atoms with E-state index in [2.05, 4.69) is 268 Å². The predicted molar refractivity (Wildman–Crippen MR) is 353 cm³/mol. The molecular formula is C78H84N4O. The van der Waals surface area contributed by atoms with E-state index in [1.54, 1.807) is 0 Å². The standard InChI is InChI=1S/C78H84N4O/c1-50(2)39-53-43-72(79-48-65(53)52-31-36-66-67(42-52)78(14,15)38-37-77(66,12)13)82-70-45-55(74(3,4)5)32-34-63(70)64-35-33-60(47-71(64)82)83-59-26-21-25-58(46-59)80-49-81(69-30-20-19-29-68(69)80)73-61(51-23-17-16-18-24-51)27-22-28-62(73)54-40-56(75(6,7)8)44-57(41-54)76(9,10)11/h16-36,40-48,50H,37-39,49H2,1-15H3/i39D2. The molecule has 0 unspecified atom stereocenters. The van der Waals surface area contributed by atoms with Crippen molar-refractivity contribution >= 4 is 44.6 Å². The van der Waals surface area contributed by atoms with Gasteiger partial charge in [0, 0.05) is 54.2 Å². The minimum atomic E-state index is -1.67. The minimum absolute atomic E-state index is 0.00166. The Labute approximate surface area is 497 Å². The molecule has 0 amide bonds. The van der Waals surface area contributed by atoms with E-state index in [0.717, 1.165) is 68.6 Å². The number of hydrogen-bond donors (Lipinski definition) is 0. The number of nitrogens with zero attached hydrogens (tertiary/aromatic N) is 4. The Morgan fingerprint density at radius 2 is 1.10 bits per heavy atom. The van der Waals surface area contributed by atoms with Gasteiger partial charge in [0.1, 0.15) is 24.0 Å². The Morgan fingerprint density at radius 1 is 0.506 bits per heavy atom. The lowest BCUT2D eigenvalue weighted by Crippen LogP contribution is -2.33. The molecule has 83 heavy (non-hydrogen) atoms. The second-order valence-electron chi connectivity index (χ2n) is 28.4. The second kappa shape index (κ2) is 20.5. The summed E-state index contributed by atoms with van der Waals surface area (Å²) in [5, 5.41) is 2.17. The summed E-state index contributed by atoms with van der Waals surface area (Å²) in [7, 11) is 0. The third kappa shape index (κ3) is 10.4. The highest BCUT2D eigenvalue weighted by Gasteiger charge is 2.38. The summed E-state index contributed by atoms with van der Waals surface area (Å²) >= 11 is 0. The Kier molecular flexibility index (Phi) is 13.1. The molecule has 0 radical (unpaired) electrons. The SMILES string of the molecule is [2H]C([2H])(c1cc(-n2c3cc(Oc4cccc(N5CN(c6c(-c7ccccc7)cccc6-c6cc(C(C)(C)C)cc(C(C)(C)C)c6)c6ccccc65)c4)ccc3c3ccc(C(C)(C)C)cc32)ncc1-c1ccc2c(c1)C(C)(C)CCC2(C)C)C(C)C. The molecule has 0 fully saturated rings. The van der Waals surface area contributed by atoms with Crippen LogP contribution in [0.4, 0.5) is 22.7 Å². The summed E-state index contributed by atoms with van der Waals surface area (Å²) in [6, 6.07) is 64.1. The van der Waals surface area contributed by atoms with E-state index >= 15 is 0 Å². The van der Waals surface area contributed by atoms with Crippen molar-refractivity contribution in [1.29, 1.82) is 0 Å². The first-order valence-corrected chi connectivity index (χ1v) is 30.1. The van der Waals surface area contributed by atoms with E-state index < -0.39 is 6.37 Å². The molecule has 0 spiro atoms. The highest BCUT2D eigenvalue weighted by Crippen LogP contribution is 2.52. The molecule has 10 aromatic rings. The Bertz CT molecular complexity index is 4190. The average Bonchev–Trinajstić information content (AvgIpc) is 1.81. The van der Waals surface area contributed by atoms with Gasteiger partial charge in [0.2, 0.25) is 0 Å². The van der Waals surface area contributed by atoms with Gasteiger partial charge in [0.25, 0.3) is 0 Å². The summed E-state index contributed by atoms with van der Waals surface area (Å²) in [6.07, 6.45) is 2.49. The predicted octanol–water partition coefficient (Wildman–Crippen LogP) is 21.7. The lowest BCUT2D eigenvalue weighted by Gasteiger charge is -2.42. The lowest BCUT2D eigenvalue weighted by molar-refractivity contribution is 0.332. The summed E-state index contributed by atoms with van der Waals surface area (Å²) in [4.78, 5) is 10.2. The quantitative estimate of drug-likeness (QED) is 0.137. The fourth-order valence-corrected chi connectivity index (χ4v) is 12.8. The number of pyridine rings is 1. The lowest BCUT2D eigenvalue weighted by atomic mass is 9.63. The van der Waals surface area contributed by atoms with Gasteiger partial charge in [0.05, 0.1) is 28.1 Å². The number of para-hydroxylation sites is 3. The molecule has 1 aliphatic heterocycles. The summed E-state index contributed by atoms with van der Waals surface area (Å²) < 4.78 is 28.8. The van der Waals surface area contributed by atoms with Crippen LogP contribution in [0.25, 0.3) is 61.0 Å². The van der Waals surface area contributed by atoms with Gasteiger partial charge in [-0.25, -0.2) is 4.98 Å². The van der Waals surface area contributed by atoms with Crippen molar-refractivity contribution in [3.05, 3.63) is 216 Å². The van der Waals surface area contributed by atoms with Crippen molar-refractivity contribution in [2.75, 3.05) is 16.5 Å². The normalized spacial score (nSPS) is 15.6. The molecule has 422 valence electrons. The van der Waals surface area contributed by atoms with Gasteiger partial charge in [-0.1, -0.05) is 219 Å². The van der Waals surface area contributed by atoms with Crippen LogP contribution in [0, 0.1) is 5.92 Å². The van der Waals surface area contributed by atoms with Gasteiger partial charge in [-0.3, -0.25) is 4.57 Å². The number of fused-ring (bicyclic) bond motifs is 5. The van der Waals surface area contributed by atoms with Gasteiger partial charge in [0.15, 0.2) is 0 Å². The molecule has 8 aromatic carbocycles. The first kappa shape index (κ1) is 53.1. The van der Waals surface area contributed by atoms with E-state index in [0.29, 0.717) is 23.8 Å². The Hall–Kier alpha value is -7.89. The van der Waals surface area contributed by atoms with Crippen LogP contribution in [-0.4, -0.2) is 16.2 Å². The zero-order chi connectivity index (χ0) is 60.3. The van der Waals surface area contributed by atoms with Gasteiger partial charge in [-0.05, 0) is 151 Å². The molecule has 0 N–H and O–H groups in total. The number of rotatable bonds is 10. The van der Waals surface area contributed by atoms with Crippen LogP contribution in [0.15, 0.2) is 182 Å². The number of aromatic nitrogens is 2. The van der Waals surface area contributed by atoms with Crippen LogP contribution in [0.5, 0.6) is 11.5 Å². The number of benzene rings is 8. The average molecular weight is 1100 g/mol. The molecule has 5 nitrogen and oxygen atoms in total. The zero-order valence-electron chi connectivity index (χ0n) is 53.7. The summed E-state index contributed by atoms with van der Waals surface area (Å²) in [5.74, 6) is 1.78. The highest BCUT2D eigenvalue weighted by molar-refractivity contribution is 6.10. The molecule has 3 heterocycles. The number of anilines is 4. The monoisotopic (exact) mass is 1090 g/mol. The van der Waals surface area contributed by atoms with Crippen molar-refractivity contribution in [2.24, 2.45) is 5.92 Å². The smallest absolute Gasteiger partial charge is 0.137 e. The maximum absolute atomic E-state index is 9.78. The van der Waals surface area contributed by atoms with Crippen LogP contribution in [0.2, 0.25) is 0 Å². The van der Waals surface area contributed by atoms with Crippen molar-refractivity contribution in [2.45, 2.75) is 150 Å².